The molecular weight excluding hydrogens is 288 g/mol. The van der Waals surface area contributed by atoms with Crippen molar-refractivity contribution in [2.75, 3.05) is 6.54 Å². The van der Waals surface area contributed by atoms with Gasteiger partial charge in [0.05, 0.1) is 4.90 Å². The molecule has 0 saturated heterocycles. The number of nitrogens with two attached hydrogens (primary N) is 1. The first-order valence-electron chi connectivity index (χ1n) is 5.97. The van der Waals surface area contributed by atoms with Gasteiger partial charge < -0.3 is 4.90 Å². The van der Waals surface area contributed by atoms with Gasteiger partial charge in [0.1, 0.15) is 0 Å². The number of hydrogen-bond donors (Lipinski definition) is 1. The Hall–Kier alpha value is -1.11. The summed E-state index contributed by atoms with van der Waals surface area (Å²) in [5.74, 6) is -0.211. The zero-order valence-electron chi connectivity index (χ0n) is 10.5. The van der Waals surface area contributed by atoms with Crippen LogP contribution in [0.3, 0.4) is 0 Å². The second-order valence-corrected chi connectivity index (χ2v) is 6.54. The molecule has 5 nitrogen and oxygen atoms in total. The highest BCUT2D eigenvalue weighted by molar-refractivity contribution is 7.89. The lowest BCUT2D eigenvalue weighted by Gasteiger charge is -2.20. The number of primary sulfonamides is 1. The van der Waals surface area contributed by atoms with Gasteiger partial charge in [-0.2, -0.15) is 0 Å². The van der Waals surface area contributed by atoms with Crippen molar-refractivity contribution in [3.05, 3.63) is 28.8 Å². The van der Waals surface area contributed by atoms with Crippen molar-refractivity contribution >= 4 is 27.5 Å². The number of nitrogens with zero attached hydrogens (tertiary/aromatic N) is 1. The van der Waals surface area contributed by atoms with Crippen molar-refractivity contribution in [3.8, 4) is 0 Å². The van der Waals surface area contributed by atoms with E-state index in [9.17, 15) is 13.2 Å². The Balaban J connectivity index is 2.39. The molecule has 0 atom stereocenters. The number of amides is 1. The molecule has 7 heteroatoms. The van der Waals surface area contributed by atoms with E-state index in [1.165, 1.54) is 18.2 Å². The molecule has 1 saturated carbocycles. The highest BCUT2D eigenvalue weighted by Gasteiger charge is 2.32. The highest BCUT2D eigenvalue weighted by atomic mass is 35.5. The zero-order chi connectivity index (χ0) is 14.2. The van der Waals surface area contributed by atoms with Crippen molar-refractivity contribution < 1.29 is 13.2 Å². The first-order valence-corrected chi connectivity index (χ1v) is 7.89. The first-order chi connectivity index (χ1) is 8.82. The van der Waals surface area contributed by atoms with Gasteiger partial charge in [-0.05, 0) is 38.0 Å². The van der Waals surface area contributed by atoms with Crippen LogP contribution in [0.15, 0.2) is 23.1 Å². The maximum Gasteiger partial charge on any atom is 0.254 e. The van der Waals surface area contributed by atoms with E-state index in [4.69, 9.17) is 16.7 Å². The fourth-order valence-corrected chi connectivity index (χ4v) is 2.85. The van der Waals surface area contributed by atoms with Crippen LogP contribution in [0.1, 0.15) is 30.1 Å². The van der Waals surface area contributed by atoms with E-state index in [0.29, 0.717) is 6.54 Å². The van der Waals surface area contributed by atoms with Crippen LogP contribution in [0.2, 0.25) is 5.02 Å². The van der Waals surface area contributed by atoms with Crippen LogP contribution < -0.4 is 5.14 Å². The third-order valence-corrected chi connectivity index (χ3v) is 4.15. The second-order valence-electron chi connectivity index (χ2n) is 4.54. The molecule has 2 rings (SSSR count). The standard InChI is InChI=1S/C12H15ClN2O3S/c1-2-15(10-3-4-10)12(16)8-5-9(13)7-11(6-8)19(14,17)18/h5-7,10H,2-4H2,1H3,(H2,14,17,18). The van der Waals surface area contributed by atoms with E-state index < -0.39 is 10.0 Å². The lowest BCUT2D eigenvalue weighted by Crippen LogP contribution is -2.33. The van der Waals surface area contributed by atoms with E-state index in [1.807, 2.05) is 6.92 Å². The summed E-state index contributed by atoms with van der Waals surface area (Å²) in [6.07, 6.45) is 1.98. The molecule has 104 valence electrons. The van der Waals surface area contributed by atoms with Gasteiger partial charge in [0, 0.05) is 23.2 Å². The molecule has 1 fully saturated rings. The average Bonchev–Trinajstić information content (AvgIpc) is 3.12. The van der Waals surface area contributed by atoms with Gasteiger partial charge in [-0.3, -0.25) is 4.79 Å². The smallest absolute Gasteiger partial charge is 0.254 e. The molecule has 1 aliphatic carbocycles. The predicted molar refractivity (Wildman–Crippen MR) is 72.6 cm³/mol. The third kappa shape index (κ3) is 3.26. The summed E-state index contributed by atoms with van der Waals surface area (Å²) in [7, 11) is -3.87. The highest BCUT2D eigenvalue weighted by Crippen LogP contribution is 2.29. The lowest BCUT2D eigenvalue weighted by atomic mass is 10.2. The molecule has 0 aromatic heterocycles. The minimum Gasteiger partial charge on any atom is -0.336 e. The molecular formula is C12H15ClN2O3S. The Morgan fingerprint density at radius 1 is 1.42 bits per heavy atom. The van der Waals surface area contributed by atoms with Crippen molar-refractivity contribution in [2.24, 2.45) is 5.14 Å². The molecule has 0 radical (unpaired) electrons. The maximum absolute atomic E-state index is 12.3. The number of carbonyl (C=O) groups excluding carboxylic acids is 1. The summed E-state index contributed by atoms with van der Waals surface area (Å²) < 4.78 is 22.7. The molecule has 1 aromatic carbocycles. The third-order valence-electron chi connectivity index (χ3n) is 3.04. The molecule has 0 unspecified atom stereocenters. The van der Waals surface area contributed by atoms with Crippen LogP contribution in [-0.4, -0.2) is 31.8 Å². The van der Waals surface area contributed by atoms with E-state index in [2.05, 4.69) is 0 Å². The normalized spacial score (nSPS) is 15.3. The quantitative estimate of drug-likeness (QED) is 0.917. The molecule has 1 aromatic rings. The maximum atomic E-state index is 12.3. The monoisotopic (exact) mass is 302 g/mol. The van der Waals surface area contributed by atoms with Gasteiger partial charge in [-0.15, -0.1) is 0 Å². The van der Waals surface area contributed by atoms with Gasteiger partial charge in [0.2, 0.25) is 10.0 Å². The molecule has 1 aliphatic rings. The van der Waals surface area contributed by atoms with Crippen molar-refractivity contribution in [1.82, 2.24) is 4.90 Å². The summed E-state index contributed by atoms with van der Waals surface area (Å²) >= 11 is 5.85. The minimum atomic E-state index is -3.87. The largest absolute Gasteiger partial charge is 0.336 e. The summed E-state index contributed by atoms with van der Waals surface area (Å²) in [6, 6.07) is 4.23. The Morgan fingerprint density at radius 3 is 2.53 bits per heavy atom. The van der Waals surface area contributed by atoms with Crippen molar-refractivity contribution in [3.63, 3.8) is 0 Å². The van der Waals surface area contributed by atoms with E-state index in [1.54, 1.807) is 4.90 Å². The fraction of sp³-hybridized carbons (Fsp3) is 0.417. The zero-order valence-corrected chi connectivity index (χ0v) is 12.0. The number of rotatable bonds is 4. The fourth-order valence-electron chi connectivity index (χ4n) is 1.97. The van der Waals surface area contributed by atoms with E-state index in [0.717, 1.165) is 12.8 Å². The molecule has 0 bridgehead atoms. The number of carbonyl (C=O) groups is 1. The molecule has 0 spiro atoms. The predicted octanol–water partition coefficient (Wildman–Crippen LogP) is 1.61. The Kier molecular flexibility index (Phi) is 3.85. The summed E-state index contributed by atoms with van der Waals surface area (Å²) in [5, 5.41) is 5.25. The Morgan fingerprint density at radius 2 is 2.05 bits per heavy atom. The second kappa shape index (κ2) is 5.11. The SMILES string of the molecule is CCN(C(=O)c1cc(Cl)cc(S(N)(=O)=O)c1)C1CC1. The van der Waals surface area contributed by atoms with E-state index >= 15 is 0 Å². The number of hydrogen-bond acceptors (Lipinski definition) is 3. The average molecular weight is 303 g/mol. The van der Waals surface area contributed by atoms with Gasteiger partial charge in [0.25, 0.3) is 5.91 Å². The topological polar surface area (TPSA) is 80.5 Å². The number of benzene rings is 1. The summed E-state index contributed by atoms with van der Waals surface area (Å²) in [4.78, 5) is 13.9. The van der Waals surface area contributed by atoms with Gasteiger partial charge in [-0.25, -0.2) is 13.6 Å². The Labute approximate surface area is 117 Å². The summed E-state index contributed by atoms with van der Waals surface area (Å²) in [5.41, 5.74) is 0.255. The van der Waals surface area contributed by atoms with Crippen molar-refractivity contribution in [2.45, 2.75) is 30.7 Å². The molecule has 0 heterocycles. The van der Waals surface area contributed by atoms with Crippen molar-refractivity contribution in [1.29, 1.82) is 0 Å². The van der Waals surface area contributed by atoms with Crippen LogP contribution in [0, 0.1) is 0 Å². The van der Waals surface area contributed by atoms with Crippen LogP contribution >= 0.6 is 11.6 Å². The van der Waals surface area contributed by atoms with Crippen LogP contribution in [0.5, 0.6) is 0 Å². The molecule has 2 N–H and O–H groups in total. The van der Waals surface area contributed by atoms with Crippen LogP contribution in [0.25, 0.3) is 0 Å². The van der Waals surface area contributed by atoms with Gasteiger partial charge >= 0.3 is 0 Å². The minimum absolute atomic E-state index is 0.143. The molecule has 19 heavy (non-hydrogen) atoms. The number of sulfonamides is 1. The van der Waals surface area contributed by atoms with Crippen LogP contribution in [-0.2, 0) is 10.0 Å². The summed E-state index contributed by atoms with van der Waals surface area (Å²) in [6.45, 7) is 2.47. The van der Waals surface area contributed by atoms with Crippen LogP contribution in [0.4, 0.5) is 0 Å². The van der Waals surface area contributed by atoms with Gasteiger partial charge in [0.15, 0.2) is 0 Å². The molecule has 0 aliphatic heterocycles. The number of halogens is 1. The van der Waals surface area contributed by atoms with E-state index in [-0.39, 0.29) is 27.4 Å². The first kappa shape index (κ1) is 14.3. The van der Waals surface area contributed by atoms with Gasteiger partial charge in [-0.1, -0.05) is 11.6 Å². The lowest BCUT2D eigenvalue weighted by molar-refractivity contribution is 0.0752. The Bertz CT molecular complexity index is 611. The molecule has 1 amide bonds.